The Balaban J connectivity index is 1.95. The van der Waals surface area contributed by atoms with Crippen molar-refractivity contribution in [2.24, 2.45) is 17.6 Å². The lowest BCUT2D eigenvalue weighted by molar-refractivity contribution is -0.126. The van der Waals surface area contributed by atoms with Crippen molar-refractivity contribution in [2.75, 3.05) is 6.54 Å². The molecular weight excluding hydrogens is 266 g/mol. The van der Waals surface area contributed by atoms with Crippen LogP contribution in [0.15, 0.2) is 18.3 Å². The van der Waals surface area contributed by atoms with Crippen molar-refractivity contribution in [3.05, 3.63) is 23.9 Å². The van der Waals surface area contributed by atoms with Gasteiger partial charge in [0.1, 0.15) is 0 Å². The fraction of sp³-hybridized carbons (Fsp3) is 0.625. The van der Waals surface area contributed by atoms with Crippen molar-refractivity contribution in [1.82, 2.24) is 10.3 Å². The van der Waals surface area contributed by atoms with Crippen LogP contribution in [0.2, 0.25) is 0 Å². The van der Waals surface area contributed by atoms with Gasteiger partial charge >= 0.3 is 0 Å². The summed E-state index contributed by atoms with van der Waals surface area (Å²) < 4.78 is 5.66. The molecule has 1 amide bonds. The van der Waals surface area contributed by atoms with Crippen LogP contribution in [0.5, 0.6) is 5.88 Å². The number of pyridine rings is 1. The average Bonchev–Trinajstić information content (AvgIpc) is 2.94. The summed E-state index contributed by atoms with van der Waals surface area (Å²) in [6.45, 7) is 4.96. The second kappa shape index (κ2) is 7.41. The highest BCUT2D eigenvalue weighted by molar-refractivity contribution is 5.79. The summed E-state index contributed by atoms with van der Waals surface area (Å²) in [5, 5.41) is 3.00. The van der Waals surface area contributed by atoms with E-state index in [1.165, 1.54) is 0 Å². The lowest BCUT2D eigenvalue weighted by Crippen LogP contribution is -2.34. The third-order valence-corrected chi connectivity index (χ3v) is 3.95. The van der Waals surface area contributed by atoms with E-state index in [0.717, 1.165) is 24.8 Å². The molecule has 2 unspecified atom stereocenters. The van der Waals surface area contributed by atoms with Crippen molar-refractivity contribution >= 4 is 5.91 Å². The average molecular weight is 291 g/mol. The van der Waals surface area contributed by atoms with Gasteiger partial charge in [0.05, 0.1) is 6.10 Å². The molecule has 3 N–H and O–H groups in total. The lowest BCUT2D eigenvalue weighted by atomic mass is 9.95. The van der Waals surface area contributed by atoms with Crippen LogP contribution in [0.3, 0.4) is 0 Å². The minimum atomic E-state index is 0.0566. The first-order valence-corrected chi connectivity index (χ1v) is 7.70. The summed E-state index contributed by atoms with van der Waals surface area (Å²) in [6, 6.07) is 3.78. The minimum absolute atomic E-state index is 0.0566. The normalized spacial score (nSPS) is 21.5. The van der Waals surface area contributed by atoms with Gasteiger partial charge in [-0.25, -0.2) is 4.98 Å². The van der Waals surface area contributed by atoms with Gasteiger partial charge in [0, 0.05) is 24.2 Å². The van der Waals surface area contributed by atoms with Gasteiger partial charge in [-0.3, -0.25) is 4.79 Å². The molecule has 1 aromatic heterocycles. The number of nitrogens with zero attached hydrogens (tertiary/aromatic N) is 1. The summed E-state index contributed by atoms with van der Waals surface area (Å²) >= 11 is 0. The van der Waals surface area contributed by atoms with E-state index < -0.39 is 0 Å². The van der Waals surface area contributed by atoms with Crippen molar-refractivity contribution in [3.8, 4) is 5.88 Å². The molecule has 0 spiro atoms. The molecule has 0 radical (unpaired) electrons. The SMILES string of the molecule is CC(C)Oc1ncccc1CNC(=O)C1CCCC1CN. The maximum atomic E-state index is 12.3. The van der Waals surface area contributed by atoms with Gasteiger partial charge in [0.2, 0.25) is 11.8 Å². The van der Waals surface area contributed by atoms with Gasteiger partial charge < -0.3 is 15.8 Å². The zero-order chi connectivity index (χ0) is 15.2. The van der Waals surface area contributed by atoms with Gasteiger partial charge in [0.25, 0.3) is 0 Å². The first kappa shape index (κ1) is 15.8. The highest BCUT2D eigenvalue weighted by Crippen LogP contribution is 2.31. The number of hydrogen-bond acceptors (Lipinski definition) is 4. The maximum Gasteiger partial charge on any atom is 0.223 e. The Hall–Kier alpha value is -1.62. The van der Waals surface area contributed by atoms with E-state index in [1.807, 2.05) is 26.0 Å². The van der Waals surface area contributed by atoms with Crippen LogP contribution >= 0.6 is 0 Å². The van der Waals surface area contributed by atoms with E-state index in [2.05, 4.69) is 10.3 Å². The van der Waals surface area contributed by atoms with Crippen LogP contribution in [0.1, 0.15) is 38.7 Å². The molecule has 0 saturated heterocycles. The molecule has 5 nitrogen and oxygen atoms in total. The molecule has 2 rings (SSSR count). The van der Waals surface area contributed by atoms with Crippen LogP contribution < -0.4 is 15.8 Å². The predicted octanol–water partition coefficient (Wildman–Crippen LogP) is 1.86. The molecule has 5 heteroatoms. The minimum Gasteiger partial charge on any atom is -0.475 e. The Bertz CT molecular complexity index is 476. The Morgan fingerprint density at radius 2 is 2.33 bits per heavy atom. The Morgan fingerprint density at radius 1 is 1.52 bits per heavy atom. The topological polar surface area (TPSA) is 77.2 Å². The third-order valence-electron chi connectivity index (χ3n) is 3.95. The number of hydrogen-bond donors (Lipinski definition) is 2. The van der Waals surface area contributed by atoms with Crippen molar-refractivity contribution in [3.63, 3.8) is 0 Å². The van der Waals surface area contributed by atoms with E-state index in [9.17, 15) is 4.79 Å². The van der Waals surface area contributed by atoms with Crippen LogP contribution in [0.4, 0.5) is 0 Å². The highest BCUT2D eigenvalue weighted by Gasteiger charge is 2.31. The second-order valence-corrected chi connectivity index (χ2v) is 5.89. The first-order chi connectivity index (χ1) is 10.1. The van der Waals surface area contributed by atoms with Crippen LogP contribution in [0, 0.1) is 11.8 Å². The van der Waals surface area contributed by atoms with Crippen LogP contribution in [-0.2, 0) is 11.3 Å². The molecule has 0 aromatic carbocycles. The monoisotopic (exact) mass is 291 g/mol. The summed E-state index contributed by atoms with van der Waals surface area (Å²) in [5.41, 5.74) is 6.64. The fourth-order valence-corrected chi connectivity index (χ4v) is 2.87. The van der Waals surface area contributed by atoms with E-state index in [-0.39, 0.29) is 17.9 Å². The van der Waals surface area contributed by atoms with Gasteiger partial charge in [-0.15, -0.1) is 0 Å². The summed E-state index contributed by atoms with van der Waals surface area (Å²) in [5.74, 6) is 1.07. The largest absolute Gasteiger partial charge is 0.475 e. The van der Waals surface area contributed by atoms with Crippen molar-refractivity contribution in [2.45, 2.75) is 45.8 Å². The first-order valence-electron chi connectivity index (χ1n) is 7.70. The van der Waals surface area contributed by atoms with Gasteiger partial charge in [0.15, 0.2) is 0 Å². The number of carbonyl (C=O) groups excluding carboxylic acids is 1. The summed E-state index contributed by atoms with van der Waals surface area (Å²) in [6.07, 6.45) is 4.85. The summed E-state index contributed by atoms with van der Waals surface area (Å²) in [4.78, 5) is 16.5. The van der Waals surface area contributed by atoms with E-state index >= 15 is 0 Å². The molecule has 0 bridgehead atoms. The molecule has 116 valence electrons. The van der Waals surface area contributed by atoms with Crippen molar-refractivity contribution in [1.29, 1.82) is 0 Å². The van der Waals surface area contributed by atoms with Gasteiger partial charge in [-0.05, 0) is 45.2 Å². The van der Waals surface area contributed by atoms with Gasteiger partial charge in [-0.1, -0.05) is 12.5 Å². The van der Waals surface area contributed by atoms with E-state index in [1.54, 1.807) is 6.20 Å². The third kappa shape index (κ3) is 4.17. The molecule has 1 aromatic rings. The zero-order valence-electron chi connectivity index (χ0n) is 12.8. The standard InChI is InChI=1S/C16H25N3O2/c1-11(2)21-16-13(6-4-8-18-16)10-19-15(20)14-7-3-5-12(14)9-17/h4,6,8,11-12,14H,3,5,7,9-10,17H2,1-2H3,(H,19,20). The smallest absolute Gasteiger partial charge is 0.223 e. The second-order valence-electron chi connectivity index (χ2n) is 5.89. The molecule has 1 heterocycles. The predicted molar refractivity (Wildman–Crippen MR) is 81.7 cm³/mol. The Morgan fingerprint density at radius 3 is 3.05 bits per heavy atom. The highest BCUT2D eigenvalue weighted by atomic mass is 16.5. The molecule has 2 atom stereocenters. The Labute approximate surface area is 126 Å². The number of amides is 1. The van der Waals surface area contributed by atoms with Crippen molar-refractivity contribution < 1.29 is 9.53 Å². The molecular formula is C16H25N3O2. The number of nitrogens with two attached hydrogens (primary N) is 1. The zero-order valence-corrected chi connectivity index (χ0v) is 12.8. The molecule has 1 aliphatic rings. The molecule has 1 fully saturated rings. The van der Waals surface area contributed by atoms with E-state index in [0.29, 0.717) is 24.9 Å². The molecule has 0 aliphatic heterocycles. The molecule has 1 saturated carbocycles. The quantitative estimate of drug-likeness (QED) is 0.838. The number of carbonyl (C=O) groups is 1. The summed E-state index contributed by atoms with van der Waals surface area (Å²) in [7, 11) is 0. The fourth-order valence-electron chi connectivity index (χ4n) is 2.87. The van der Waals surface area contributed by atoms with Crippen LogP contribution in [0.25, 0.3) is 0 Å². The van der Waals surface area contributed by atoms with Crippen LogP contribution in [-0.4, -0.2) is 23.5 Å². The number of nitrogens with one attached hydrogen (secondary N) is 1. The maximum absolute atomic E-state index is 12.3. The molecule has 21 heavy (non-hydrogen) atoms. The number of ether oxygens (including phenoxy) is 1. The Kier molecular flexibility index (Phi) is 5.56. The van der Waals surface area contributed by atoms with Gasteiger partial charge in [-0.2, -0.15) is 0 Å². The number of aromatic nitrogens is 1. The molecule has 1 aliphatic carbocycles. The lowest BCUT2D eigenvalue weighted by Gasteiger charge is -2.18. The number of rotatable bonds is 6. The van der Waals surface area contributed by atoms with E-state index in [4.69, 9.17) is 10.5 Å².